The molecule has 0 spiro atoms. The third kappa shape index (κ3) is 7.10. The molecule has 1 saturated heterocycles. The fraction of sp³-hybridized carbons (Fsp3) is 0.344. The molecule has 0 unspecified atom stereocenters. The number of furan rings is 1. The van der Waals surface area contributed by atoms with Gasteiger partial charge in [-0.15, -0.1) is 5.10 Å². The number of nitrogens with one attached hydrogen (secondary N) is 1. The molecule has 1 aliphatic rings. The van der Waals surface area contributed by atoms with Gasteiger partial charge in [0.05, 0.1) is 12.0 Å². The van der Waals surface area contributed by atoms with Crippen LogP contribution < -0.4 is 15.8 Å². The summed E-state index contributed by atoms with van der Waals surface area (Å²) in [5, 5.41) is 7.72. The second kappa shape index (κ2) is 11.5. The van der Waals surface area contributed by atoms with Crippen molar-refractivity contribution in [3.63, 3.8) is 0 Å². The van der Waals surface area contributed by atoms with E-state index in [9.17, 15) is 33.8 Å². The topological polar surface area (TPSA) is 127 Å². The van der Waals surface area contributed by atoms with Crippen LogP contribution in [0, 0.1) is 0 Å². The molecule has 6 rings (SSSR count). The number of ether oxygens (including phenoxy) is 1. The average Bonchev–Trinajstić information content (AvgIpc) is 3.68. The summed E-state index contributed by atoms with van der Waals surface area (Å²) in [4.78, 5) is 46.1. The Balaban J connectivity index is 1.38. The van der Waals surface area contributed by atoms with Crippen molar-refractivity contribution >= 4 is 50.3 Å². The molecule has 5 aromatic rings. The summed E-state index contributed by atoms with van der Waals surface area (Å²) in [5.74, 6) is -0.521. The van der Waals surface area contributed by atoms with Crippen molar-refractivity contribution in [2.45, 2.75) is 51.2 Å². The maximum absolute atomic E-state index is 14.2. The summed E-state index contributed by atoms with van der Waals surface area (Å²) in [7, 11) is -9.91. The Labute approximate surface area is 282 Å². The van der Waals surface area contributed by atoms with Crippen LogP contribution in [0.15, 0.2) is 68.9 Å². The number of carbonyl (C=O) groups excluding carboxylic acids is 2. The molecule has 2 aromatic carbocycles. The minimum Gasteiger partial charge on any atom is -0.464 e. The molecular formula is C32H34F5N7O5S. The molecule has 1 aliphatic heterocycles. The lowest BCUT2D eigenvalue weighted by Crippen LogP contribution is -2.51. The molecule has 50 heavy (non-hydrogen) atoms. The first-order valence-electron chi connectivity index (χ1n) is 15.6. The molecule has 18 heteroatoms. The van der Waals surface area contributed by atoms with Crippen molar-refractivity contribution in [3.8, 4) is 11.4 Å². The summed E-state index contributed by atoms with van der Waals surface area (Å²) < 4.78 is 79.6. The number of hydrogen-bond acceptors (Lipinski definition) is 8. The third-order valence-corrected chi connectivity index (χ3v) is 9.17. The molecule has 0 aliphatic carbocycles. The van der Waals surface area contributed by atoms with Crippen LogP contribution in [0.5, 0.6) is 0 Å². The van der Waals surface area contributed by atoms with Crippen molar-refractivity contribution in [3.05, 3.63) is 70.8 Å². The van der Waals surface area contributed by atoms with Crippen molar-refractivity contribution < 1.29 is 38.2 Å². The summed E-state index contributed by atoms with van der Waals surface area (Å²) in [6, 6.07) is 8.88. The SMILES string of the molecule is CCc1c(N2CCN(C(=O)OC(C)(C)C)CC2)c(=O)n2nc(-c3ccc4occc4c3)nc2n1CC(=O)Nc1ccc(S(F)(F)(F)(F)F)cc1. The molecular weight excluding hydrogens is 689 g/mol. The lowest BCUT2D eigenvalue weighted by molar-refractivity contribution is -0.116. The van der Waals surface area contributed by atoms with Crippen LogP contribution in [0.1, 0.15) is 33.4 Å². The number of benzene rings is 2. The van der Waals surface area contributed by atoms with E-state index < -0.39 is 44.8 Å². The Kier molecular flexibility index (Phi) is 7.96. The van der Waals surface area contributed by atoms with Crippen LogP contribution in [-0.2, 0) is 22.5 Å². The van der Waals surface area contributed by atoms with Gasteiger partial charge in [-0.05, 0) is 75.7 Å². The van der Waals surface area contributed by atoms with Crippen molar-refractivity contribution in [2.75, 3.05) is 36.4 Å². The normalized spacial score (nSPS) is 15.6. The van der Waals surface area contributed by atoms with Gasteiger partial charge in [0.25, 0.3) is 5.56 Å². The molecule has 0 bridgehead atoms. The number of fused-ring (bicyclic) bond motifs is 2. The third-order valence-electron chi connectivity index (χ3n) is 8.00. The molecule has 3 aromatic heterocycles. The van der Waals surface area contributed by atoms with Crippen LogP contribution in [0.2, 0.25) is 0 Å². The Hall–Kier alpha value is -5.13. The van der Waals surface area contributed by atoms with E-state index in [1.54, 1.807) is 61.8 Å². The predicted molar refractivity (Wildman–Crippen MR) is 178 cm³/mol. The first kappa shape index (κ1) is 34.7. The van der Waals surface area contributed by atoms with Gasteiger partial charge < -0.3 is 28.8 Å². The number of amides is 2. The smallest absolute Gasteiger partial charge is 0.410 e. The van der Waals surface area contributed by atoms with Crippen molar-refractivity contribution in [2.24, 2.45) is 0 Å². The van der Waals surface area contributed by atoms with Gasteiger partial charge in [-0.3, -0.25) is 9.59 Å². The summed E-state index contributed by atoms with van der Waals surface area (Å²) in [6.45, 7) is 7.63. The molecule has 268 valence electrons. The molecule has 1 fully saturated rings. The predicted octanol–water partition coefficient (Wildman–Crippen LogP) is 7.22. The van der Waals surface area contributed by atoms with Gasteiger partial charge in [0, 0.05) is 42.8 Å². The number of hydrogen-bond donors (Lipinski definition) is 1. The standard InChI is InChI=1S/C32H34F5N7O5S/c1-5-24-27(41-13-15-42(16-14-41)31(47)49-32(2,3)4)29(46)44-30(39-28(40-44)21-6-11-25-20(18-21)12-17-48-25)43(24)19-26(45)38-22-7-9-23(10-8-22)50(33,34,35,36)37/h6-12,17-18H,5,13-16,19H2,1-4H3,(H,38,45). The van der Waals surface area contributed by atoms with Gasteiger partial charge >= 0.3 is 16.3 Å². The fourth-order valence-corrected chi connectivity index (χ4v) is 6.39. The summed E-state index contributed by atoms with van der Waals surface area (Å²) in [5.41, 5.74) is 0.500. The highest BCUT2D eigenvalue weighted by molar-refractivity contribution is 8.45. The Bertz CT molecular complexity index is 2190. The van der Waals surface area contributed by atoms with Crippen LogP contribution in [0.25, 0.3) is 28.1 Å². The van der Waals surface area contributed by atoms with Gasteiger partial charge in [-0.1, -0.05) is 26.4 Å². The maximum Gasteiger partial charge on any atom is 0.410 e. The van der Waals surface area contributed by atoms with E-state index in [0.717, 1.165) is 22.0 Å². The van der Waals surface area contributed by atoms with E-state index in [2.05, 4.69) is 15.4 Å². The van der Waals surface area contributed by atoms with Gasteiger partial charge in [-0.2, -0.15) is 9.50 Å². The quantitative estimate of drug-likeness (QED) is 0.175. The lowest BCUT2D eigenvalue weighted by atomic mass is 10.1. The van der Waals surface area contributed by atoms with E-state index in [4.69, 9.17) is 9.15 Å². The van der Waals surface area contributed by atoms with Crippen LogP contribution in [0.3, 0.4) is 0 Å². The fourth-order valence-electron chi connectivity index (χ4n) is 5.74. The summed E-state index contributed by atoms with van der Waals surface area (Å²) >= 11 is 0. The molecule has 0 radical (unpaired) electrons. The number of anilines is 2. The number of nitrogens with zero attached hydrogens (tertiary/aromatic N) is 6. The van der Waals surface area contributed by atoms with E-state index in [1.807, 2.05) is 0 Å². The monoisotopic (exact) mass is 723 g/mol. The van der Waals surface area contributed by atoms with Gasteiger partial charge in [0.1, 0.15) is 28.3 Å². The molecule has 12 nitrogen and oxygen atoms in total. The number of aromatic nitrogens is 4. The molecule has 0 atom stereocenters. The van der Waals surface area contributed by atoms with Crippen LogP contribution in [-0.4, -0.2) is 67.8 Å². The molecule has 1 N–H and O–H groups in total. The lowest BCUT2D eigenvalue weighted by Gasteiger charge is -2.40. The molecule has 4 heterocycles. The first-order chi connectivity index (χ1) is 23.2. The van der Waals surface area contributed by atoms with Crippen LogP contribution >= 0.6 is 10.2 Å². The largest absolute Gasteiger partial charge is 0.464 e. The number of piperazine rings is 1. The maximum atomic E-state index is 14.2. The number of halogens is 5. The molecule has 2 amide bonds. The van der Waals surface area contributed by atoms with E-state index >= 15 is 0 Å². The summed E-state index contributed by atoms with van der Waals surface area (Å²) in [6.07, 6.45) is 1.30. The first-order valence-corrected chi connectivity index (χ1v) is 17.5. The van der Waals surface area contributed by atoms with E-state index in [0.29, 0.717) is 16.8 Å². The van der Waals surface area contributed by atoms with Gasteiger partial charge in [0.2, 0.25) is 11.7 Å². The zero-order valence-electron chi connectivity index (χ0n) is 27.5. The van der Waals surface area contributed by atoms with Crippen molar-refractivity contribution in [1.29, 1.82) is 0 Å². The Morgan fingerprint density at radius 2 is 1.66 bits per heavy atom. The highest BCUT2D eigenvalue weighted by Gasteiger charge is 2.65. The average molecular weight is 724 g/mol. The zero-order valence-corrected chi connectivity index (χ0v) is 28.3. The zero-order chi connectivity index (χ0) is 36.3. The van der Waals surface area contributed by atoms with E-state index in [-0.39, 0.29) is 67.7 Å². The minimum atomic E-state index is -9.91. The highest BCUT2D eigenvalue weighted by Crippen LogP contribution is 3.02. The molecule has 0 saturated carbocycles. The van der Waals surface area contributed by atoms with Gasteiger partial charge in [-0.25, -0.2) is 4.79 Å². The Morgan fingerprint density at radius 3 is 2.28 bits per heavy atom. The number of carbonyl (C=O) groups is 2. The highest BCUT2D eigenvalue weighted by atomic mass is 32.5. The number of rotatable bonds is 7. The van der Waals surface area contributed by atoms with E-state index in [1.165, 1.54) is 10.8 Å². The van der Waals surface area contributed by atoms with Gasteiger partial charge in [0.15, 0.2) is 5.82 Å². The minimum absolute atomic E-state index is 0.0247. The van der Waals surface area contributed by atoms with Crippen LogP contribution in [0.4, 0.5) is 35.6 Å². The Morgan fingerprint density at radius 1 is 0.980 bits per heavy atom. The van der Waals surface area contributed by atoms with Crippen molar-refractivity contribution in [1.82, 2.24) is 24.1 Å². The second-order valence-corrected chi connectivity index (χ2v) is 15.3. The second-order valence-electron chi connectivity index (χ2n) is 12.9.